The molecule has 0 unspecified atom stereocenters. The van der Waals surface area contributed by atoms with Crippen molar-refractivity contribution in [2.24, 2.45) is 0 Å². The lowest BCUT2D eigenvalue weighted by atomic mass is 10.2. The van der Waals surface area contributed by atoms with Crippen LogP contribution >= 0.6 is 11.3 Å². The first kappa shape index (κ1) is 18.4. The van der Waals surface area contributed by atoms with Gasteiger partial charge in [-0.2, -0.15) is 0 Å². The second-order valence-electron chi connectivity index (χ2n) is 6.73. The Balaban J connectivity index is 1.46. The number of benzene rings is 1. The van der Waals surface area contributed by atoms with Crippen LogP contribution in [0, 0.1) is 0 Å². The molecule has 2 amide bonds. The molecule has 0 atom stereocenters. The van der Waals surface area contributed by atoms with Gasteiger partial charge in [-0.25, -0.2) is 4.98 Å². The lowest BCUT2D eigenvalue weighted by molar-refractivity contribution is -0.132. The quantitative estimate of drug-likeness (QED) is 0.714. The minimum absolute atomic E-state index is 0.0413. The van der Waals surface area contributed by atoms with E-state index in [9.17, 15) is 14.4 Å². The Morgan fingerprint density at radius 2 is 1.89 bits per heavy atom. The van der Waals surface area contributed by atoms with Crippen LogP contribution in [0.3, 0.4) is 0 Å². The van der Waals surface area contributed by atoms with Crippen LogP contribution < -0.4 is 10.9 Å². The fourth-order valence-corrected chi connectivity index (χ4v) is 4.33. The molecule has 3 aromatic rings. The summed E-state index contributed by atoms with van der Waals surface area (Å²) < 4.78 is 1.80. The summed E-state index contributed by atoms with van der Waals surface area (Å²) in [6.45, 7) is 1.29. The number of hydrogen-bond acceptors (Lipinski definition) is 5. The molecule has 0 aliphatic carbocycles. The minimum atomic E-state index is -0.379. The highest BCUT2D eigenvalue weighted by Gasteiger charge is 2.18. The van der Waals surface area contributed by atoms with Gasteiger partial charge in [-0.05, 0) is 24.5 Å². The molecule has 0 spiro atoms. The summed E-state index contributed by atoms with van der Waals surface area (Å²) in [5.41, 5.74) is 1.39. The van der Waals surface area contributed by atoms with E-state index < -0.39 is 0 Å². The number of carbonyl (C=O) groups is 2. The maximum absolute atomic E-state index is 12.7. The molecule has 0 saturated carbocycles. The maximum Gasteiger partial charge on any atom is 0.271 e. The number of aromatic nitrogens is 2. The third-order valence-corrected chi connectivity index (χ3v) is 5.93. The highest BCUT2D eigenvalue weighted by atomic mass is 32.1. The Labute approximate surface area is 165 Å². The zero-order chi connectivity index (χ0) is 19.5. The molecule has 28 heavy (non-hydrogen) atoms. The average molecular weight is 396 g/mol. The molecular formula is C20H20N4O3S. The topological polar surface area (TPSA) is 84.3 Å². The zero-order valence-electron chi connectivity index (χ0n) is 15.3. The molecule has 7 nitrogen and oxygen atoms in total. The maximum atomic E-state index is 12.7. The minimum Gasteiger partial charge on any atom is -0.345 e. The fraction of sp³-hybridized carbons (Fsp3) is 0.300. The summed E-state index contributed by atoms with van der Waals surface area (Å²) in [7, 11) is 0. The normalized spacial score (nSPS) is 13.8. The molecule has 1 aromatic carbocycles. The smallest absolute Gasteiger partial charge is 0.271 e. The van der Waals surface area contributed by atoms with Gasteiger partial charge >= 0.3 is 0 Å². The largest absolute Gasteiger partial charge is 0.345 e. The number of hydrogen-bond donors (Lipinski definition) is 1. The summed E-state index contributed by atoms with van der Waals surface area (Å²) in [5, 5.41) is 2.60. The average Bonchev–Trinajstić information content (AvgIpc) is 3.39. The van der Waals surface area contributed by atoms with Crippen molar-refractivity contribution in [1.82, 2.24) is 19.8 Å². The van der Waals surface area contributed by atoms with Crippen LogP contribution in [0.5, 0.6) is 0 Å². The van der Waals surface area contributed by atoms with Crippen LogP contribution in [0.1, 0.15) is 12.8 Å². The van der Waals surface area contributed by atoms with Crippen molar-refractivity contribution in [1.29, 1.82) is 0 Å². The lowest BCUT2D eigenvalue weighted by Gasteiger charge is -2.15. The van der Waals surface area contributed by atoms with Gasteiger partial charge in [0.25, 0.3) is 5.56 Å². The third-order valence-electron chi connectivity index (χ3n) is 4.77. The number of likely N-dealkylation sites (tertiary alicyclic amines) is 1. The van der Waals surface area contributed by atoms with Gasteiger partial charge < -0.3 is 10.2 Å². The molecule has 1 fully saturated rings. The van der Waals surface area contributed by atoms with Gasteiger partial charge in [0.1, 0.15) is 11.2 Å². The molecule has 4 rings (SSSR count). The number of thiophene rings is 1. The molecule has 3 heterocycles. The van der Waals surface area contributed by atoms with E-state index in [1.165, 1.54) is 22.2 Å². The molecule has 1 aliphatic rings. The molecule has 0 radical (unpaired) electrons. The first-order chi connectivity index (χ1) is 13.6. The monoisotopic (exact) mass is 396 g/mol. The highest BCUT2D eigenvalue weighted by Crippen LogP contribution is 2.30. The predicted octanol–water partition coefficient (Wildman–Crippen LogP) is 1.86. The van der Waals surface area contributed by atoms with Gasteiger partial charge in [-0.15, -0.1) is 11.3 Å². The van der Waals surface area contributed by atoms with Gasteiger partial charge in [0.2, 0.25) is 11.8 Å². The molecule has 1 N–H and O–H groups in total. The summed E-state index contributed by atoms with van der Waals surface area (Å²) in [6.07, 6.45) is 3.40. The summed E-state index contributed by atoms with van der Waals surface area (Å²) in [4.78, 5) is 43.9. The van der Waals surface area contributed by atoms with Gasteiger partial charge in [0.15, 0.2) is 0 Å². The van der Waals surface area contributed by atoms with Crippen LogP contribution in [-0.4, -0.2) is 45.9 Å². The number of fused-ring (bicyclic) bond motifs is 1. The van der Waals surface area contributed by atoms with Crippen molar-refractivity contribution in [2.75, 3.05) is 19.6 Å². The van der Waals surface area contributed by atoms with Crippen LogP contribution in [0.4, 0.5) is 0 Å². The van der Waals surface area contributed by atoms with E-state index in [0.29, 0.717) is 10.2 Å². The van der Waals surface area contributed by atoms with Gasteiger partial charge in [-0.1, -0.05) is 30.3 Å². The van der Waals surface area contributed by atoms with Crippen LogP contribution in [0.15, 0.2) is 47.5 Å². The Morgan fingerprint density at radius 1 is 1.14 bits per heavy atom. The molecule has 2 aromatic heterocycles. The second-order valence-corrected chi connectivity index (χ2v) is 7.79. The number of nitrogens with zero attached hydrogens (tertiary/aromatic N) is 3. The van der Waals surface area contributed by atoms with E-state index in [0.717, 1.165) is 36.4 Å². The van der Waals surface area contributed by atoms with E-state index in [-0.39, 0.29) is 30.5 Å². The Morgan fingerprint density at radius 3 is 2.64 bits per heavy atom. The number of nitrogens with one attached hydrogen (secondary N) is 1. The van der Waals surface area contributed by atoms with Crippen LogP contribution in [-0.2, 0) is 16.1 Å². The van der Waals surface area contributed by atoms with E-state index in [4.69, 9.17) is 0 Å². The SMILES string of the molecule is O=C(Cn1cnc2cc(-c3ccccc3)sc2c1=O)NCC(=O)N1CCCC1. The lowest BCUT2D eigenvalue weighted by Crippen LogP contribution is -2.40. The Hall–Kier alpha value is -3.00. The third kappa shape index (κ3) is 3.82. The van der Waals surface area contributed by atoms with Crippen molar-refractivity contribution in [3.63, 3.8) is 0 Å². The first-order valence-electron chi connectivity index (χ1n) is 9.21. The second kappa shape index (κ2) is 7.93. The summed E-state index contributed by atoms with van der Waals surface area (Å²) in [5.74, 6) is -0.465. The molecule has 8 heteroatoms. The van der Waals surface area contributed by atoms with E-state index in [1.54, 1.807) is 4.90 Å². The van der Waals surface area contributed by atoms with Crippen molar-refractivity contribution in [3.05, 3.63) is 53.1 Å². The van der Waals surface area contributed by atoms with E-state index in [1.807, 2.05) is 36.4 Å². The van der Waals surface area contributed by atoms with Gasteiger partial charge in [0, 0.05) is 18.0 Å². The zero-order valence-corrected chi connectivity index (χ0v) is 16.1. The standard InChI is InChI=1S/C20H20N4O3S/c25-17(21-11-18(26)23-8-4-5-9-23)12-24-13-22-15-10-16(28-19(15)20(24)27)14-6-2-1-3-7-14/h1-3,6-7,10,13H,4-5,8-9,11-12H2,(H,21,25). The van der Waals surface area contributed by atoms with Crippen molar-refractivity contribution < 1.29 is 9.59 Å². The summed E-state index contributed by atoms with van der Waals surface area (Å²) >= 11 is 1.36. The first-order valence-corrected chi connectivity index (χ1v) is 10.0. The molecular weight excluding hydrogens is 376 g/mol. The highest BCUT2D eigenvalue weighted by molar-refractivity contribution is 7.22. The molecule has 1 aliphatic heterocycles. The number of rotatable bonds is 5. The Kier molecular flexibility index (Phi) is 5.21. The van der Waals surface area contributed by atoms with E-state index in [2.05, 4.69) is 10.3 Å². The van der Waals surface area contributed by atoms with Gasteiger partial charge in [0.05, 0.1) is 18.4 Å². The fourth-order valence-electron chi connectivity index (χ4n) is 3.27. The van der Waals surface area contributed by atoms with Crippen LogP contribution in [0.2, 0.25) is 0 Å². The van der Waals surface area contributed by atoms with Crippen molar-refractivity contribution in [3.8, 4) is 10.4 Å². The summed E-state index contributed by atoms with van der Waals surface area (Å²) in [6, 6.07) is 11.7. The molecule has 144 valence electrons. The Bertz CT molecular complexity index is 1070. The van der Waals surface area contributed by atoms with Gasteiger partial charge in [-0.3, -0.25) is 19.0 Å². The predicted molar refractivity (Wildman–Crippen MR) is 108 cm³/mol. The van der Waals surface area contributed by atoms with E-state index >= 15 is 0 Å². The van der Waals surface area contributed by atoms with Crippen molar-refractivity contribution in [2.45, 2.75) is 19.4 Å². The van der Waals surface area contributed by atoms with Crippen molar-refractivity contribution >= 4 is 33.4 Å². The van der Waals surface area contributed by atoms with Crippen LogP contribution in [0.25, 0.3) is 20.7 Å². The number of carbonyl (C=O) groups excluding carboxylic acids is 2. The number of amides is 2. The molecule has 1 saturated heterocycles. The molecule has 0 bridgehead atoms.